The molecule has 3 heterocycles. The average Bonchev–Trinajstić information content (AvgIpc) is 2.80. The first-order valence-corrected chi connectivity index (χ1v) is 13.0. The third-order valence-electron chi connectivity index (χ3n) is 5.93. The summed E-state index contributed by atoms with van der Waals surface area (Å²) < 4.78 is 17.4. The molecule has 0 saturated carbocycles. The Labute approximate surface area is 205 Å². The van der Waals surface area contributed by atoms with Crippen LogP contribution in [0, 0.1) is 11.8 Å². The van der Waals surface area contributed by atoms with E-state index < -0.39 is 11.7 Å². The summed E-state index contributed by atoms with van der Waals surface area (Å²) in [7, 11) is 0. The molecule has 0 unspecified atom stereocenters. The van der Waals surface area contributed by atoms with E-state index in [-0.39, 0.29) is 6.09 Å². The molecule has 2 saturated heterocycles. The summed E-state index contributed by atoms with van der Waals surface area (Å²) in [6, 6.07) is 1.71. The molecule has 0 aliphatic carbocycles. The number of carboxylic acid groups (broad SMARTS) is 1. The van der Waals surface area contributed by atoms with Gasteiger partial charge in [-0.1, -0.05) is 11.8 Å². The van der Waals surface area contributed by atoms with Gasteiger partial charge in [-0.05, 0) is 64.5 Å². The fraction of sp³-hybridized carbons (Fsp3) is 0.739. The maximum Gasteiger partial charge on any atom is 0.410 e. The minimum atomic E-state index is -0.864. The second-order valence-corrected chi connectivity index (χ2v) is 10.6. The zero-order chi connectivity index (χ0) is 24.7. The van der Waals surface area contributed by atoms with Crippen LogP contribution in [0.4, 0.5) is 9.59 Å². The highest BCUT2D eigenvalue weighted by Crippen LogP contribution is 2.25. The highest BCUT2D eigenvalue weighted by Gasteiger charge is 2.27. The number of carbonyl (C=O) groups excluding carboxylic acids is 1. The summed E-state index contributed by atoms with van der Waals surface area (Å²) in [5.41, 5.74) is -0.491. The largest absolute Gasteiger partial charge is 0.477 e. The first-order chi connectivity index (χ1) is 16.1. The zero-order valence-electron chi connectivity index (χ0n) is 20.5. The topological polar surface area (TPSA) is 114 Å². The first-order valence-electron chi connectivity index (χ1n) is 11.8. The monoisotopic (exact) mass is 496 g/mol. The van der Waals surface area contributed by atoms with E-state index in [1.54, 1.807) is 11.0 Å². The molecule has 1 aromatic heterocycles. The SMILES string of the molecule is CSc1nc(OCC2CCN(C(=O)O)CC2)cc(OCC2CCN(C(=O)OC(C)(C)C)CC2)n1. The molecule has 0 aromatic carbocycles. The van der Waals surface area contributed by atoms with Crippen molar-refractivity contribution >= 4 is 23.9 Å². The van der Waals surface area contributed by atoms with Crippen molar-refractivity contribution in [1.82, 2.24) is 19.8 Å². The molecular formula is C23H36N4O6S. The van der Waals surface area contributed by atoms with E-state index in [1.165, 1.54) is 16.7 Å². The minimum Gasteiger partial charge on any atom is -0.477 e. The van der Waals surface area contributed by atoms with E-state index in [4.69, 9.17) is 19.3 Å². The summed E-state index contributed by atoms with van der Waals surface area (Å²) in [5, 5.41) is 9.66. The van der Waals surface area contributed by atoms with Crippen molar-refractivity contribution in [3.05, 3.63) is 6.07 Å². The third kappa shape index (κ3) is 8.11. The molecule has 11 heteroatoms. The van der Waals surface area contributed by atoms with Gasteiger partial charge >= 0.3 is 12.2 Å². The van der Waals surface area contributed by atoms with Gasteiger partial charge in [0.15, 0.2) is 5.16 Å². The van der Waals surface area contributed by atoms with Crippen molar-refractivity contribution in [2.75, 3.05) is 45.6 Å². The standard InChI is InChI=1S/C23H36N4O6S/c1-23(2,3)33-22(30)27-11-7-17(8-12-27)15-32-19-13-18(24-20(25-19)34-4)31-14-16-5-9-26(10-6-16)21(28)29/h13,16-17H,5-12,14-15H2,1-4H3,(H,28,29). The van der Waals surface area contributed by atoms with Gasteiger partial charge in [0, 0.05) is 26.2 Å². The van der Waals surface area contributed by atoms with Gasteiger partial charge in [-0.2, -0.15) is 9.97 Å². The van der Waals surface area contributed by atoms with Crippen molar-refractivity contribution in [2.45, 2.75) is 57.2 Å². The molecule has 1 aromatic rings. The van der Waals surface area contributed by atoms with E-state index in [9.17, 15) is 9.59 Å². The zero-order valence-corrected chi connectivity index (χ0v) is 21.3. The first kappa shape index (κ1) is 26.2. The number of nitrogens with zero attached hydrogens (tertiary/aromatic N) is 4. The van der Waals surface area contributed by atoms with Crippen LogP contribution in [0.5, 0.6) is 11.8 Å². The van der Waals surface area contributed by atoms with Gasteiger partial charge < -0.3 is 29.1 Å². The molecule has 0 spiro atoms. The normalized spacial score (nSPS) is 18.0. The molecule has 34 heavy (non-hydrogen) atoms. The molecule has 1 N–H and O–H groups in total. The van der Waals surface area contributed by atoms with Gasteiger partial charge in [0.25, 0.3) is 0 Å². The van der Waals surface area contributed by atoms with E-state index >= 15 is 0 Å². The molecule has 0 atom stereocenters. The Bertz CT molecular complexity index is 833. The quantitative estimate of drug-likeness (QED) is 0.442. The number of hydrogen-bond acceptors (Lipinski definition) is 8. The van der Waals surface area contributed by atoms with E-state index in [2.05, 4.69) is 9.97 Å². The Morgan fingerprint density at radius 3 is 1.85 bits per heavy atom. The van der Waals surface area contributed by atoms with E-state index in [0.29, 0.717) is 68.1 Å². The lowest BCUT2D eigenvalue weighted by molar-refractivity contribution is 0.0163. The van der Waals surface area contributed by atoms with Crippen molar-refractivity contribution in [3.8, 4) is 11.8 Å². The number of amides is 2. The van der Waals surface area contributed by atoms with Gasteiger partial charge in [0.2, 0.25) is 11.8 Å². The van der Waals surface area contributed by atoms with Gasteiger partial charge in [0.1, 0.15) is 5.60 Å². The average molecular weight is 497 g/mol. The second kappa shape index (κ2) is 11.8. The molecule has 0 bridgehead atoms. The Hall–Kier alpha value is -2.43. The smallest absolute Gasteiger partial charge is 0.410 e. The van der Waals surface area contributed by atoms with Gasteiger partial charge in [0.05, 0.1) is 19.3 Å². The summed E-state index contributed by atoms with van der Waals surface area (Å²) in [6.45, 7) is 8.98. The summed E-state index contributed by atoms with van der Waals surface area (Å²) in [6.07, 6.45) is 4.02. The number of ether oxygens (including phenoxy) is 3. The molecule has 2 aliphatic heterocycles. The number of thioether (sulfide) groups is 1. The molecule has 2 fully saturated rings. The van der Waals surface area contributed by atoms with Crippen LogP contribution >= 0.6 is 11.8 Å². The molecule has 3 rings (SSSR count). The summed E-state index contributed by atoms with van der Waals surface area (Å²) in [5.74, 6) is 1.57. The fourth-order valence-electron chi connectivity index (χ4n) is 3.93. The number of carbonyl (C=O) groups is 2. The lowest BCUT2D eigenvalue weighted by atomic mass is 9.98. The molecule has 2 amide bonds. The van der Waals surface area contributed by atoms with E-state index in [0.717, 1.165) is 25.7 Å². The molecule has 10 nitrogen and oxygen atoms in total. The second-order valence-electron chi connectivity index (χ2n) is 9.78. The highest BCUT2D eigenvalue weighted by molar-refractivity contribution is 7.98. The van der Waals surface area contributed by atoms with Crippen LogP contribution in [0.1, 0.15) is 46.5 Å². The Kier molecular flexibility index (Phi) is 9.10. The predicted molar refractivity (Wildman–Crippen MR) is 128 cm³/mol. The molecule has 0 radical (unpaired) electrons. The fourth-order valence-corrected chi connectivity index (χ4v) is 4.29. The van der Waals surface area contributed by atoms with Crippen molar-refractivity contribution in [2.24, 2.45) is 11.8 Å². The Morgan fingerprint density at radius 1 is 0.971 bits per heavy atom. The van der Waals surface area contributed by atoms with Crippen LogP contribution in [0.25, 0.3) is 0 Å². The van der Waals surface area contributed by atoms with Crippen LogP contribution < -0.4 is 9.47 Å². The lowest BCUT2D eigenvalue weighted by Gasteiger charge is -2.33. The maximum absolute atomic E-state index is 12.2. The van der Waals surface area contributed by atoms with E-state index in [1.807, 2.05) is 27.0 Å². The van der Waals surface area contributed by atoms with Crippen LogP contribution in [0.3, 0.4) is 0 Å². The van der Waals surface area contributed by atoms with Crippen molar-refractivity contribution in [3.63, 3.8) is 0 Å². The maximum atomic E-state index is 12.2. The Balaban J connectivity index is 1.46. The minimum absolute atomic E-state index is 0.261. The number of piperidine rings is 2. The van der Waals surface area contributed by atoms with Gasteiger partial charge in [-0.15, -0.1) is 0 Å². The highest BCUT2D eigenvalue weighted by atomic mass is 32.2. The predicted octanol–water partition coefficient (Wildman–Crippen LogP) is 3.99. The third-order valence-corrected chi connectivity index (χ3v) is 6.47. The summed E-state index contributed by atoms with van der Waals surface area (Å²) in [4.78, 5) is 35.4. The number of aromatic nitrogens is 2. The van der Waals surface area contributed by atoms with Crippen LogP contribution in [0.2, 0.25) is 0 Å². The molecule has 190 valence electrons. The number of rotatable bonds is 7. The Morgan fingerprint density at radius 2 is 1.44 bits per heavy atom. The van der Waals surface area contributed by atoms with Crippen molar-refractivity contribution in [1.29, 1.82) is 0 Å². The summed E-state index contributed by atoms with van der Waals surface area (Å²) >= 11 is 1.42. The molecular weight excluding hydrogens is 460 g/mol. The van der Waals surface area contributed by atoms with Crippen LogP contribution in [-0.4, -0.2) is 88.3 Å². The van der Waals surface area contributed by atoms with Crippen LogP contribution in [0.15, 0.2) is 11.2 Å². The number of hydrogen-bond donors (Lipinski definition) is 1. The molecule has 2 aliphatic rings. The lowest BCUT2D eigenvalue weighted by Crippen LogP contribution is -2.42. The van der Waals surface area contributed by atoms with Gasteiger partial charge in [-0.25, -0.2) is 9.59 Å². The van der Waals surface area contributed by atoms with Crippen molar-refractivity contribution < 1.29 is 28.9 Å². The van der Waals surface area contributed by atoms with Gasteiger partial charge in [-0.3, -0.25) is 0 Å². The van der Waals surface area contributed by atoms with Crippen LogP contribution in [-0.2, 0) is 4.74 Å². The number of likely N-dealkylation sites (tertiary alicyclic amines) is 2.